The molecule has 9 heteroatoms. The molecule has 2 unspecified atom stereocenters. The molecule has 21 heavy (non-hydrogen) atoms. The van der Waals surface area contributed by atoms with Crippen molar-refractivity contribution < 1.29 is 18.0 Å². The van der Waals surface area contributed by atoms with Gasteiger partial charge in [-0.1, -0.05) is 18.2 Å². The van der Waals surface area contributed by atoms with Crippen molar-refractivity contribution in [3.63, 3.8) is 0 Å². The van der Waals surface area contributed by atoms with E-state index in [-0.39, 0.29) is 11.0 Å². The molecule has 0 aliphatic heterocycles. The number of carbonyl (C=O) groups excluding carboxylic acids is 1. The van der Waals surface area contributed by atoms with E-state index >= 15 is 0 Å². The van der Waals surface area contributed by atoms with Gasteiger partial charge in [-0.25, -0.2) is 9.97 Å². The van der Waals surface area contributed by atoms with Gasteiger partial charge in [0.25, 0.3) is 0 Å². The number of nitrogens with two attached hydrogens (primary N) is 1. The molecule has 1 aliphatic carbocycles. The van der Waals surface area contributed by atoms with Gasteiger partial charge in [-0.05, 0) is 19.1 Å². The number of primary amides is 1. The summed E-state index contributed by atoms with van der Waals surface area (Å²) in [5.74, 6) is -1.27. The van der Waals surface area contributed by atoms with E-state index in [9.17, 15) is 18.0 Å². The molecule has 2 atom stereocenters. The zero-order valence-corrected chi connectivity index (χ0v) is 12.1. The molecule has 1 fully saturated rings. The highest BCUT2D eigenvalue weighted by molar-refractivity contribution is 7.98. The summed E-state index contributed by atoms with van der Waals surface area (Å²) < 4.78 is 39.0. The highest BCUT2D eigenvalue weighted by Gasteiger charge is 2.38. The molecule has 0 radical (unpaired) electrons. The van der Waals surface area contributed by atoms with Crippen LogP contribution >= 0.6 is 11.8 Å². The van der Waals surface area contributed by atoms with Crippen LogP contribution in [0.15, 0.2) is 11.4 Å². The number of aromatic nitrogens is 2. The van der Waals surface area contributed by atoms with E-state index in [1.54, 1.807) is 6.26 Å². The molecule has 3 N–H and O–H groups in total. The summed E-state index contributed by atoms with van der Waals surface area (Å²) >= 11 is 1.15. The van der Waals surface area contributed by atoms with Crippen LogP contribution in [0.1, 0.15) is 24.8 Å². The summed E-state index contributed by atoms with van der Waals surface area (Å²) in [5, 5.41) is 2.97. The molecule has 1 saturated carbocycles. The van der Waals surface area contributed by atoms with Gasteiger partial charge in [-0.15, -0.1) is 0 Å². The molecular formula is C12H15F3N4OS. The number of nitrogens with one attached hydrogen (secondary N) is 1. The fourth-order valence-corrected chi connectivity index (χ4v) is 2.77. The van der Waals surface area contributed by atoms with Gasteiger partial charge in [0.05, 0.1) is 5.92 Å². The lowest BCUT2D eigenvalue weighted by Gasteiger charge is -2.21. The molecule has 0 bridgehead atoms. The Morgan fingerprint density at radius 3 is 2.76 bits per heavy atom. The van der Waals surface area contributed by atoms with E-state index in [4.69, 9.17) is 5.73 Å². The lowest BCUT2D eigenvalue weighted by molar-refractivity contribution is -0.137. The van der Waals surface area contributed by atoms with Crippen LogP contribution in [0.2, 0.25) is 0 Å². The Labute approximate surface area is 123 Å². The highest BCUT2D eigenvalue weighted by Crippen LogP contribution is 2.36. The van der Waals surface area contributed by atoms with Gasteiger partial charge in [0.15, 0.2) is 5.16 Å². The average molecular weight is 320 g/mol. The number of hydrogen-bond donors (Lipinski definition) is 2. The number of thioether (sulfide) groups is 1. The van der Waals surface area contributed by atoms with Crippen molar-refractivity contribution in [3.05, 3.63) is 11.8 Å². The predicted molar refractivity (Wildman–Crippen MR) is 72.8 cm³/mol. The number of halogens is 3. The van der Waals surface area contributed by atoms with Crippen LogP contribution in [0.5, 0.6) is 0 Å². The highest BCUT2D eigenvalue weighted by atomic mass is 32.2. The van der Waals surface area contributed by atoms with Crippen molar-refractivity contribution in [3.8, 4) is 0 Å². The first-order valence-electron chi connectivity index (χ1n) is 6.37. The minimum absolute atomic E-state index is 0.235. The zero-order chi connectivity index (χ0) is 15.6. The van der Waals surface area contributed by atoms with E-state index in [0.29, 0.717) is 12.8 Å². The lowest BCUT2D eigenvalue weighted by Crippen LogP contribution is -2.35. The molecule has 1 aliphatic rings. The number of anilines is 1. The lowest BCUT2D eigenvalue weighted by atomic mass is 10.0. The number of rotatable bonds is 4. The third-order valence-electron chi connectivity index (χ3n) is 3.46. The molecule has 0 saturated heterocycles. The van der Waals surface area contributed by atoms with Gasteiger partial charge in [-0.3, -0.25) is 4.79 Å². The summed E-state index contributed by atoms with van der Waals surface area (Å²) in [6, 6.07) is -0.423. The van der Waals surface area contributed by atoms with Crippen LogP contribution in [-0.4, -0.2) is 28.2 Å². The van der Waals surface area contributed by atoms with Crippen molar-refractivity contribution in [1.82, 2.24) is 9.97 Å². The fraction of sp³-hybridized carbons (Fsp3) is 0.583. The minimum Gasteiger partial charge on any atom is -0.369 e. The smallest absolute Gasteiger partial charge is 0.369 e. The number of amides is 1. The van der Waals surface area contributed by atoms with E-state index < -0.39 is 29.6 Å². The molecular weight excluding hydrogens is 305 g/mol. The first-order chi connectivity index (χ1) is 9.82. The minimum atomic E-state index is -4.56. The van der Waals surface area contributed by atoms with E-state index in [1.165, 1.54) is 0 Å². The Bertz CT molecular complexity index is 538. The van der Waals surface area contributed by atoms with Crippen LogP contribution < -0.4 is 11.1 Å². The first-order valence-corrected chi connectivity index (χ1v) is 7.59. The summed E-state index contributed by atoms with van der Waals surface area (Å²) in [6.07, 6.45) is -0.213. The van der Waals surface area contributed by atoms with E-state index in [1.807, 2.05) is 0 Å². The molecule has 0 aromatic carbocycles. The Balaban J connectivity index is 2.31. The molecule has 5 nitrogen and oxygen atoms in total. The van der Waals surface area contributed by atoms with Crippen molar-refractivity contribution in [2.45, 2.75) is 36.6 Å². The molecule has 0 spiro atoms. The standard InChI is InChI=1S/C12H15F3N4OS/c1-21-11-17-5-7(12(13,14)15)10(19-11)18-8-4-2-3-6(8)9(16)20/h5-6,8H,2-4H2,1H3,(H2,16,20)(H,17,18,19). The van der Waals surface area contributed by atoms with Gasteiger partial charge in [0, 0.05) is 12.2 Å². The molecule has 1 aromatic rings. The third kappa shape index (κ3) is 3.58. The summed E-state index contributed by atoms with van der Waals surface area (Å²) in [6.45, 7) is 0. The third-order valence-corrected chi connectivity index (χ3v) is 4.02. The number of hydrogen-bond acceptors (Lipinski definition) is 5. The monoisotopic (exact) mass is 320 g/mol. The summed E-state index contributed by atoms with van der Waals surface area (Å²) in [4.78, 5) is 18.9. The van der Waals surface area contributed by atoms with Gasteiger partial charge in [0.1, 0.15) is 11.4 Å². The van der Waals surface area contributed by atoms with E-state index in [0.717, 1.165) is 24.4 Å². The normalized spacial score (nSPS) is 22.3. The Kier molecular flexibility index (Phi) is 4.60. The quantitative estimate of drug-likeness (QED) is 0.657. The van der Waals surface area contributed by atoms with Crippen molar-refractivity contribution >= 4 is 23.5 Å². The molecule has 1 heterocycles. The predicted octanol–water partition coefficient (Wildman–Crippen LogP) is 2.28. The Morgan fingerprint density at radius 1 is 1.48 bits per heavy atom. The molecule has 2 rings (SSSR count). The maximum atomic E-state index is 13.0. The van der Waals surface area contributed by atoms with Crippen LogP contribution in [-0.2, 0) is 11.0 Å². The zero-order valence-electron chi connectivity index (χ0n) is 11.3. The SMILES string of the molecule is CSc1ncc(C(F)(F)F)c(NC2CCCC2C(N)=O)n1. The van der Waals surface area contributed by atoms with Gasteiger partial charge < -0.3 is 11.1 Å². The topological polar surface area (TPSA) is 80.9 Å². The fourth-order valence-electron chi connectivity index (χ4n) is 2.43. The molecule has 116 valence electrons. The summed E-state index contributed by atoms with van der Waals surface area (Å²) in [7, 11) is 0. The van der Waals surface area contributed by atoms with Crippen molar-refractivity contribution in [2.24, 2.45) is 11.7 Å². The van der Waals surface area contributed by atoms with Crippen molar-refractivity contribution in [2.75, 3.05) is 11.6 Å². The number of carbonyl (C=O) groups is 1. The van der Waals surface area contributed by atoms with Gasteiger partial charge in [-0.2, -0.15) is 13.2 Å². The van der Waals surface area contributed by atoms with Crippen LogP contribution in [0.4, 0.5) is 19.0 Å². The number of alkyl halides is 3. The van der Waals surface area contributed by atoms with E-state index in [2.05, 4.69) is 15.3 Å². The second-order valence-corrected chi connectivity index (χ2v) is 5.58. The maximum absolute atomic E-state index is 13.0. The molecule has 1 aromatic heterocycles. The van der Waals surface area contributed by atoms with Gasteiger partial charge >= 0.3 is 6.18 Å². The second-order valence-electron chi connectivity index (χ2n) is 4.81. The first kappa shape index (κ1) is 15.9. The molecule has 1 amide bonds. The van der Waals surface area contributed by atoms with Crippen LogP contribution in [0.25, 0.3) is 0 Å². The van der Waals surface area contributed by atoms with Gasteiger partial charge in [0.2, 0.25) is 5.91 Å². The second kappa shape index (κ2) is 6.08. The summed E-state index contributed by atoms with van der Waals surface area (Å²) in [5.41, 5.74) is 4.35. The van der Waals surface area contributed by atoms with Crippen LogP contribution in [0.3, 0.4) is 0 Å². The van der Waals surface area contributed by atoms with Crippen LogP contribution in [0, 0.1) is 5.92 Å². The Morgan fingerprint density at radius 2 is 2.19 bits per heavy atom. The number of nitrogens with zero attached hydrogens (tertiary/aromatic N) is 2. The maximum Gasteiger partial charge on any atom is 0.421 e. The van der Waals surface area contributed by atoms with Crippen molar-refractivity contribution in [1.29, 1.82) is 0 Å². The Hall–Kier alpha value is -1.51. The average Bonchev–Trinajstić information content (AvgIpc) is 2.85. The largest absolute Gasteiger partial charge is 0.421 e.